The standard InChI is InChI=1S/C10H14N4/c1-3-8-13-9(11-4-2)7-5-6-12-10(7)14-8/h5-6H,3-4H2,1-2H3,(H2,11,12,13,14). The molecule has 0 atom stereocenters. The Bertz CT molecular complexity index is 433. The first kappa shape index (κ1) is 8.99. The van der Waals surface area contributed by atoms with Gasteiger partial charge in [0.15, 0.2) is 0 Å². The topological polar surface area (TPSA) is 53.6 Å². The highest BCUT2D eigenvalue weighted by Crippen LogP contribution is 2.18. The van der Waals surface area contributed by atoms with E-state index in [1.165, 1.54) is 0 Å². The molecule has 0 radical (unpaired) electrons. The van der Waals surface area contributed by atoms with Gasteiger partial charge in [0.05, 0.1) is 5.39 Å². The number of nitrogens with one attached hydrogen (secondary N) is 2. The Labute approximate surface area is 82.8 Å². The van der Waals surface area contributed by atoms with Gasteiger partial charge in [-0.2, -0.15) is 0 Å². The lowest BCUT2D eigenvalue weighted by Gasteiger charge is -2.05. The summed E-state index contributed by atoms with van der Waals surface area (Å²) < 4.78 is 0. The minimum absolute atomic E-state index is 0.855. The van der Waals surface area contributed by atoms with Crippen LogP contribution >= 0.6 is 0 Å². The number of hydrogen-bond acceptors (Lipinski definition) is 3. The van der Waals surface area contributed by atoms with Gasteiger partial charge in [0.2, 0.25) is 0 Å². The van der Waals surface area contributed by atoms with Crippen LogP contribution in [-0.4, -0.2) is 21.5 Å². The van der Waals surface area contributed by atoms with Gasteiger partial charge in [-0.05, 0) is 13.0 Å². The second kappa shape index (κ2) is 3.65. The Morgan fingerprint density at radius 1 is 1.36 bits per heavy atom. The third-order valence-corrected chi connectivity index (χ3v) is 2.12. The molecule has 0 aliphatic heterocycles. The van der Waals surface area contributed by atoms with Crippen LogP contribution in [0.2, 0.25) is 0 Å². The molecule has 2 aromatic heterocycles. The number of nitrogens with zero attached hydrogens (tertiary/aromatic N) is 2. The molecule has 0 saturated carbocycles. The number of anilines is 1. The van der Waals surface area contributed by atoms with E-state index in [0.29, 0.717) is 0 Å². The minimum Gasteiger partial charge on any atom is -0.370 e. The fourth-order valence-electron chi connectivity index (χ4n) is 1.45. The van der Waals surface area contributed by atoms with E-state index in [0.717, 1.165) is 35.6 Å². The molecule has 2 heterocycles. The molecule has 74 valence electrons. The number of aryl methyl sites for hydroxylation is 1. The van der Waals surface area contributed by atoms with Crippen LogP contribution in [-0.2, 0) is 6.42 Å². The quantitative estimate of drug-likeness (QED) is 0.777. The largest absolute Gasteiger partial charge is 0.370 e. The predicted molar refractivity (Wildman–Crippen MR) is 57.4 cm³/mol. The van der Waals surface area contributed by atoms with E-state index in [-0.39, 0.29) is 0 Å². The normalized spacial score (nSPS) is 10.7. The summed E-state index contributed by atoms with van der Waals surface area (Å²) in [5.41, 5.74) is 0.910. The van der Waals surface area contributed by atoms with Crippen LogP contribution in [0.3, 0.4) is 0 Å². The van der Waals surface area contributed by atoms with E-state index in [9.17, 15) is 0 Å². The van der Waals surface area contributed by atoms with Crippen molar-refractivity contribution in [2.45, 2.75) is 20.3 Å². The number of hydrogen-bond donors (Lipinski definition) is 2. The summed E-state index contributed by atoms with van der Waals surface area (Å²) in [6.07, 6.45) is 2.74. The van der Waals surface area contributed by atoms with E-state index in [2.05, 4.69) is 34.1 Å². The maximum atomic E-state index is 4.44. The first-order valence-corrected chi connectivity index (χ1v) is 4.93. The Balaban J connectivity index is 2.58. The van der Waals surface area contributed by atoms with Crippen LogP contribution in [0.5, 0.6) is 0 Å². The molecule has 0 aliphatic rings. The molecule has 4 nitrogen and oxygen atoms in total. The Morgan fingerprint density at radius 3 is 2.93 bits per heavy atom. The van der Waals surface area contributed by atoms with Crippen LogP contribution < -0.4 is 5.32 Å². The molecule has 0 aliphatic carbocycles. The summed E-state index contributed by atoms with van der Waals surface area (Å²) in [5.74, 6) is 1.80. The lowest BCUT2D eigenvalue weighted by molar-refractivity contribution is 0.952. The van der Waals surface area contributed by atoms with Crippen LogP contribution in [0.1, 0.15) is 19.7 Å². The predicted octanol–water partition coefficient (Wildman–Crippen LogP) is 1.95. The average molecular weight is 190 g/mol. The second-order valence-electron chi connectivity index (χ2n) is 3.11. The van der Waals surface area contributed by atoms with Crippen molar-refractivity contribution in [2.24, 2.45) is 0 Å². The van der Waals surface area contributed by atoms with Crippen molar-refractivity contribution in [2.75, 3.05) is 11.9 Å². The lowest BCUT2D eigenvalue weighted by atomic mass is 10.3. The summed E-state index contributed by atoms with van der Waals surface area (Å²) in [5, 5.41) is 4.30. The number of rotatable bonds is 3. The Kier molecular flexibility index (Phi) is 2.35. The van der Waals surface area contributed by atoms with E-state index < -0.39 is 0 Å². The van der Waals surface area contributed by atoms with Crippen LogP contribution in [0.15, 0.2) is 12.3 Å². The molecule has 0 fully saturated rings. The van der Waals surface area contributed by atoms with E-state index in [1.807, 2.05) is 12.3 Å². The van der Waals surface area contributed by atoms with Crippen molar-refractivity contribution in [1.29, 1.82) is 0 Å². The summed E-state index contributed by atoms with van der Waals surface area (Å²) in [6, 6.07) is 1.99. The molecule has 4 heteroatoms. The fourth-order valence-corrected chi connectivity index (χ4v) is 1.45. The third-order valence-electron chi connectivity index (χ3n) is 2.12. The highest BCUT2D eigenvalue weighted by atomic mass is 15.0. The summed E-state index contributed by atoms with van der Waals surface area (Å²) in [6.45, 7) is 4.99. The van der Waals surface area contributed by atoms with E-state index in [1.54, 1.807) is 0 Å². The molecular weight excluding hydrogens is 176 g/mol. The number of H-pyrrole nitrogens is 1. The van der Waals surface area contributed by atoms with Gasteiger partial charge in [-0.1, -0.05) is 6.92 Å². The van der Waals surface area contributed by atoms with Crippen molar-refractivity contribution in [3.8, 4) is 0 Å². The molecule has 14 heavy (non-hydrogen) atoms. The van der Waals surface area contributed by atoms with Crippen LogP contribution in [0, 0.1) is 0 Å². The molecule has 2 aromatic rings. The summed E-state index contributed by atoms with van der Waals surface area (Å²) in [7, 11) is 0. The monoisotopic (exact) mass is 190 g/mol. The van der Waals surface area contributed by atoms with Crippen molar-refractivity contribution in [1.82, 2.24) is 15.0 Å². The highest BCUT2D eigenvalue weighted by molar-refractivity contribution is 5.86. The van der Waals surface area contributed by atoms with Gasteiger partial charge in [0.25, 0.3) is 0 Å². The molecule has 0 bridgehead atoms. The lowest BCUT2D eigenvalue weighted by Crippen LogP contribution is -2.03. The van der Waals surface area contributed by atoms with Crippen molar-refractivity contribution < 1.29 is 0 Å². The van der Waals surface area contributed by atoms with Crippen molar-refractivity contribution >= 4 is 16.9 Å². The summed E-state index contributed by atoms with van der Waals surface area (Å²) >= 11 is 0. The minimum atomic E-state index is 0.855. The number of fused-ring (bicyclic) bond motifs is 1. The zero-order valence-corrected chi connectivity index (χ0v) is 8.46. The average Bonchev–Trinajstić information content (AvgIpc) is 2.66. The molecule has 2 rings (SSSR count). The molecule has 0 amide bonds. The van der Waals surface area contributed by atoms with E-state index in [4.69, 9.17) is 0 Å². The molecular formula is C10H14N4. The SMILES string of the molecule is CCNc1nc(CC)nc2[nH]ccc12. The van der Waals surface area contributed by atoms with Gasteiger partial charge in [0.1, 0.15) is 17.3 Å². The first-order valence-electron chi connectivity index (χ1n) is 4.93. The van der Waals surface area contributed by atoms with Crippen molar-refractivity contribution in [3.05, 3.63) is 18.1 Å². The smallest absolute Gasteiger partial charge is 0.143 e. The maximum Gasteiger partial charge on any atom is 0.143 e. The van der Waals surface area contributed by atoms with Crippen molar-refractivity contribution in [3.63, 3.8) is 0 Å². The van der Waals surface area contributed by atoms with Crippen LogP contribution in [0.4, 0.5) is 5.82 Å². The maximum absolute atomic E-state index is 4.44. The van der Waals surface area contributed by atoms with Gasteiger partial charge in [-0.15, -0.1) is 0 Å². The van der Waals surface area contributed by atoms with Gasteiger partial charge in [-0.25, -0.2) is 9.97 Å². The molecule has 0 unspecified atom stereocenters. The second-order valence-corrected chi connectivity index (χ2v) is 3.11. The third kappa shape index (κ3) is 1.43. The summed E-state index contributed by atoms with van der Waals surface area (Å²) in [4.78, 5) is 11.9. The first-order chi connectivity index (χ1) is 6.85. The Morgan fingerprint density at radius 2 is 2.21 bits per heavy atom. The zero-order chi connectivity index (χ0) is 9.97. The molecule has 2 N–H and O–H groups in total. The molecule has 0 spiro atoms. The highest BCUT2D eigenvalue weighted by Gasteiger charge is 2.05. The van der Waals surface area contributed by atoms with Gasteiger partial charge in [-0.3, -0.25) is 0 Å². The fraction of sp³-hybridized carbons (Fsp3) is 0.400. The van der Waals surface area contributed by atoms with Gasteiger partial charge in [0, 0.05) is 19.2 Å². The van der Waals surface area contributed by atoms with E-state index >= 15 is 0 Å². The van der Waals surface area contributed by atoms with Crippen LogP contribution in [0.25, 0.3) is 11.0 Å². The number of aromatic amines is 1. The zero-order valence-electron chi connectivity index (χ0n) is 8.46. The van der Waals surface area contributed by atoms with Gasteiger partial charge < -0.3 is 10.3 Å². The molecule has 0 aromatic carbocycles. The van der Waals surface area contributed by atoms with Gasteiger partial charge >= 0.3 is 0 Å². The molecule has 0 saturated heterocycles. The number of aromatic nitrogens is 3. The Hall–Kier alpha value is -1.58.